The van der Waals surface area contributed by atoms with Crippen LogP contribution in [0.15, 0.2) is 0 Å². The monoisotopic (exact) mass is 212 g/mol. The maximum atomic E-state index is 11.4. The van der Waals surface area contributed by atoms with Crippen molar-refractivity contribution in [2.24, 2.45) is 5.92 Å². The molecule has 88 valence electrons. The van der Waals surface area contributed by atoms with Crippen LogP contribution in [0.2, 0.25) is 0 Å². The summed E-state index contributed by atoms with van der Waals surface area (Å²) in [6.45, 7) is 6.75. The number of nitrogens with one attached hydrogen (secondary N) is 2. The minimum absolute atomic E-state index is 0.114. The molecule has 0 aromatic carbocycles. The van der Waals surface area contributed by atoms with Crippen molar-refractivity contribution in [1.82, 2.24) is 10.6 Å². The zero-order valence-electron chi connectivity index (χ0n) is 10.2. The summed E-state index contributed by atoms with van der Waals surface area (Å²) in [4.78, 5) is 11.4. The molecule has 1 rings (SSSR count). The SMILES string of the molecule is CC1CCC(NCC(=O)NC(C)C)CC1. The van der Waals surface area contributed by atoms with Gasteiger partial charge in [-0.3, -0.25) is 4.79 Å². The van der Waals surface area contributed by atoms with Gasteiger partial charge in [-0.15, -0.1) is 0 Å². The van der Waals surface area contributed by atoms with Crippen LogP contribution in [0.1, 0.15) is 46.5 Å². The second-order valence-corrected chi connectivity index (χ2v) is 5.06. The minimum Gasteiger partial charge on any atom is -0.353 e. The van der Waals surface area contributed by atoms with Gasteiger partial charge < -0.3 is 10.6 Å². The topological polar surface area (TPSA) is 41.1 Å². The minimum atomic E-state index is 0.114. The Bertz CT molecular complexity index is 196. The van der Waals surface area contributed by atoms with Crippen molar-refractivity contribution in [2.45, 2.75) is 58.5 Å². The summed E-state index contributed by atoms with van der Waals surface area (Å²) in [6, 6.07) is 0.796. The fourth-order valence-corrected chi connectivity index (χ4v) is 2.07. The molecule has 0 aromatic heterocycles. The maximum absolute atomic E-state index is 11.4. The van der Waals surface area contributed by atoms with Gasteiger partial charge >= 0.3 is 0 Å². The van der Waals surface area contributed by atoms with Gasteiger partial charge in [0.15, 0.2) is 0 Å². The summed E-state index contributed by atoms with van der Waals surface area (Å²) in [7, 11) is 0. The smallest absolute Gasteiger partial charge is 0.234 e. The quantitative estimate of drug-likeness (QED) is 0.744. The summed E-state index contributed by atoms with van der Waals surface area (Å²) in [5.41, 5.74) is 0. The zero-order valence-corrected chi connectivity index (χ0v) is 10.2. The van der Waals surface area contributed by atoms with Crippen LogP contribution in [0.5, 0.6) is 0 Å². The Morgan fingerprint density at radius 2 is 1.87 bits per heavy atom. The molecule has 1 fully saturated rings. The molecule has 0 aliphatic heterocycles. The summed E-state index contributed by atoms with van der Waals surface area (Å²) in [5, 5.41) is 6.22. The molecular weight excluding hydrogens is 188 g/mol. The summed E-state index contributed by atoms with van der Waals surface area (Å²) < 4.78 is 0. The molecule has 0 unspecified atom stereocenters. The predicted octanol–water partition coefficient (Wildman–Crippen LogP) is 1.68. The molecule has 0 spiro atoms. The van der Waals surface area contributed by atoms with Gasteiger partial charge in [0.25, 0.3) is 0 Å². The normalized spacial score (nSPS) is 26.7. The van der Waals surface area contributed by atoms with E-state index >= 15 is 0 Å². The molecular formula is C12H24N2O. The number of hydrogen-bond acceptors (Lipinski definition) is 2. The lowest BCUT2D eigenvalue weighted by Gasteiger charge is -2.26. The number of amides is 1. The molecule has 1 aliphatic rings. The molecule has 1 amide bonds. The molecule has 0 atom stereocenters. The van der Waals surface area contributed by atoms with Gasteiger partial charge in [-0.1, -0.05) is 6.92 Å². The molecule has 1 aliphatic carbocycles. The first-order valence-electron chi connectivity index (χ1n) is 6.10. The van der Waals surface area contributed by atoms with Gasteiger partial charge in [0, 0.05) is 12.1 Å². The predicted molar refractivity (Wildman–Crippen MR) is 62.7 cm³/mol. The van der Waals surface area contributed by atoms with E-state index in [2.05, 4.69) is 17.6 Å². The summed E-state index contributed by atoms with van der Waals surface area (Å²) >= 11 is 0. The van der Waals surface area contributed by atoms with E-state index in [1.165, 1.54) is 25.7 Å². The number of carbonyl (C=O) groups excluding carboxylic acids is 1. The Hall–Kier alpha value is -0.570. The average molecular weight is 212 g/mol. The van der Waals surface area contributed by atoms with E-state index in [1.54, 1.807) is 0 Å². The lowest BCUT2D eigenvalue weighted by molar-refractivity contribution is -0.120. The first-order valence-corrected chi connectivity index (χ1v) is 6.10. The fraction of sp³-hybridized carbons (Fsp3) is 0.917. The van der Waals surface area contributed by atoms with Crippen molar-refractivity contribution in [2.75, 3.05) is 6.54 Å². The largest absolute Gasteiger partial charge is 0.353 e. The zero-order chi connectivity index (χ0) is 11.3. The van der Waals surface area contributed by atoms with Gasteiger partial charge in [-0.05, 0) is 45.4 Å². The van der Waals surface area contributed by atoms with Crippen LogP contribution >= 0.6 is 0 Å². The highest BCUT2D eigenvalue weighted by molar-refractivity contribution is 5.78. The second kappa shape index (κ2) is 6.11. The molecule has 0 saturated heterocycles. The van der Waals surface area contributed by atoms with Gasteiger partial charge in [0.2, 0.25) is 5.91 Å². The Kier molecular flexibility index (Phi) is 5.09. The lowest BCUT2D eigenvalue weighted by atomic mass is 9.87. The van der Waals surface area contributed by atoms with E-state index in [9.17, 15) is 4.79 Å². The number of rotatable bonds is 4. The molecule has 3 heteroatoms. The van der Waals surface area contributed by atoms with E-state index in [4.69, 9.17) is 0 Å². The molecule has 0 aromatic rings. The Morgan fingerprint density at radius 1 is 1.27 bits per heavy atom. The van der Waals surface area contributed by atoms with Gasteiger partial charge in [0.05, 0.1) is 6.54 Å². The Balaban J connectivity index is 2.12. The highest BCUT2D eigenvalue weighted by atomic mass is 16.1. The summed E-state index contributed by atoms with van der Waals surface area (Å²) in [5.74, 6) is 0.983. The van der Waals surface area contributed by atoms with E-state index in [1.807, 2.05) is 13.8 Å². The molecule has 0 heterocycles. The van der Waals surface area contributed by atoms with E-state index in [0.29, 0.717) is 12.6 Å². The van der Waals surface area contributed by atoms with Crippen molar-refractivity contribution < 1.29 is 4.79 Å². The highest BCUT2D eigenvalue weighted by Crippen LogP contribution is 2.23. The lowest BCUT2D eigenvalue weighted by Crippen LogP contribution is -2.42. The van der Waals surface area contributed by atoms with E-state index in [-0.39, 0.29) is 11.9 Å². The molecule has 1 saturated carbocycles. The fourth-order valence-electron chi connectivity index (χ4n) is 2.07. The van der Waals surface area contributed by atoms with Crippen molar-refractivity contribution in [3.8, 4) is 0 Å². The molecule has 15 heavy (non-hydrogen) atoms. The maximum Gasteiger partial charge on any atom is 0.234 e. The van der Waals surface area contributed by atoms with Crippen molar-refractivity contribution in [1.29, 1.82) is 0 Å². The van der Waals surface area contributed by atoms with Crippen LogP contribution in [-0.2, 0) is 4.79 Å². The third-order valence-corrected chi connectivity index (χ3v) is 3.02. The highest BCUT2D eigenvalue weighted by Gasteiger charge is 2.18. The van der Waals surface area contributed by atoms with E-state index < -0.39 is 0 Å². The van der Waals surface area contributed by atoms with Crippen molar-refractivity contribution in [3.63, 3.8) is 0 Å². The third kappa shape index (κ3) is 5.17. The third-order valence-electron chi connectivity index (χ3n) is 3.02. The average Bonchev–Trinajstić information content (AvgIpc) is 2.16. The van der Waals surface area contributed by atoms with Gasteiger partial charge in [-0.25, -0.2) is 0 Å². The van der Waals surface area contributed by atoms with Crippen molar-refractivity contribution in [3.05, 3.63) is 0 Å². The van der Waals surface area contributed by atoms with E-state index in [0.717, 1.165) is 5.92 Å². The first kappa shape index (κ1) is 12.5. The van der Waals surface area contributed by atoms with Crippen LogP contribution in [0, 0.1) is 5.92 Å². The summed E-state index contributed by atoms with van der Waals surface area (Å²) in [6.07, 6.45) is 5.03. The van der Waals surface area contributed by atoms with Crippen LogP contribution < -0.4 is 10.6 Å². The standard InChI is InChI=1S/C12H24N2O/c1-9(2)14-12(15)8-13-11-6-4-10(3)5-7-11/h9-11,13H,4-8H2,1-3H3,(H,14,15). The van der Waals surface area contributed by atoms with Gasteiger partial charge in [0.1, 0.15) is 0 Å². The molecule has 0 bridgehead atoms. The van der Waals surface area contributed by atoms with Crippen LogP contribution in [0.4, 0.5) is 0 Å². The second-order valence-electron chi connectivity index (χ2n) is 5.06. The van der Waals surface area contributed by atoms with Crippen molar-refractivity contribution >= 4 is 5.91 Å². The number of hydrogen-bond donors (Lipinski definition) is 2. The first-order chi connectivity index (χ1) is 7.08. The molecule has 3 nitrogen and oxygen atoms in total. The Morgan fingerprint density at radius 3 is 2.40 bits per heavy atom. The van der Waals surface area contributed by atoms with Crippen LogP contribution in [-0.4, -0.2) is 24.5 Å². The Labute approximate surface area is 93.0 Å². The number of carbonyl (C=O) groups is 1. The van der Waals surface area contributed by atoms with Gasteiger partial charge in [-0.2, -0.15) is 0 Å². The van der Waals surface area contributed by atoms with Crippen LogP contribution in [0.25, 0.3) is 0 Å². The van der Waals surface area contributed by atoms with Crippen LogP contribution in [0.3, 0.4) is 0 Å². The molecule has 2 N–H and O–H groups in total. The molecule has 0 radical (unpaired) electrons.